The Morgan fingerprint density at radius 2 is 1.69 bits per heavy atom. The number of hydrogen-bond acceptors (Lipinski definition) is 3. The molecule has 0 aliphatic carbocycles. The number of carbonyl (C=O) groups is 1. The Morgan fingerprint density at radius 3 is 2.42 bits per heavy atom. The van der Waals surface area contributed by atoms with E-state index in [1.54, 1.807) is 7.11 Å². The standard InChI is InChI=1S/C21H20N2O3/c1-3-26-21(24)20(16-11-22-18-7-5-4-6-14(16)18)17-12-23-19-9-8-13(25-2)10-15(17)19/h4-12,20,22-23H,3H2,1-2H3. The number of esters is 1. The van der Waals surface area contributed by atoms with Gasteiger partial charge in [0.25, 0.3) is 0 Å². The topological polar surface area (TPSA) is 67.1 Å². The molecule has 0 amide bonds. The molecule has 26 heavy (non-hydrogen) atoms. The van der Waals surface area contributed by atoms with E-state index in [-0.39, 0.29) is 5.97 Å². The minimum absolute atomic E-state index is 0.263. The summed E-state index contributed by atoms with van der Waals surface area (Å²) in [7, 11) is 1.63. The summed E-state index contributed by atoms with van der Waals surface area (Å²) >= 11 is 0. The van der Waals surface area contributed by atoms with Gasteiger partial charge in [-0.2, -0.15) is 0 Å². The Bertz CT molecular complexity index is 1080. The van der Waals surface area contributed by atoms with Crippen molar-refractivity contribution in [2.24, 2.45) is 0 Å². The predicted octanol–water partition coefficient (Wildman–Crippen LogP) is 4.35. The highest BCUT2D eigenvalue weighted by atomic mass is 16.5. The van der Waals surface area contributed by atoms with Crippen molar-refractivity contribution in [2.45, 2.75) is 12.8 Å². The number of nitrogens with one attached hydrogen (secondary N) is 2. The van der Waals surface area contributed by atoms with Gasteiger partial charge in [-0.1, -0.05) is 18.2 Å². The van der Waals surface area contributed by atoms with Crippen LogP contribution in [0.3, 0.4) is 0 Å². The van der Waals surface area contributed by atoms with Crippen LogP contribution in [0.25, 0.3) is 21.8 Å². The van der Waals surface area contributed by atoms with Gasteiger partial charge >= 0.3 is 5.97 Å². The first-order valence-electron chi connectivity index (χ1n) is 8.60. The van der Waals surface area contributed by atoms with Crippen LogP contribution in [0.1, 0.15) is 24.0 Å². The van der Waals surface area contributed by atoms with Gasteiger partial charge in [-0.15, -0.1) is 0 Å². The van der Waals surface area contributed by atoms with Gasteiger partial charge in [0.05, 0.1) is 13.7 Å². The molecular weight excluding hydrogens is 328 g/mol. The highest BCUT2D eigenvalue weighted by molar-refractivity contribution is 5.97. The Labute approximate surface area is 150 Å². The number of aromatic amines is 2. The molecule has 2 aromatic heterocycles. The third-order valence-electron chi connectivity index (χ3n) is 4.69. The van der Waals surface area contributed by atoms with E-state index < -0.39 is 5.92 Å². The number of benzene rings is 2. The average molecular weight is 348 g/mol. The van der Waals surface area contributed by atoms with Crippen LogP contribution in [0.15, 0.2) is 54.9 Å². The molecule has 0 spiro atoms. The van der Waals surface area contributed by atoms with E-state index in [0.29, 0.717) is 6.61 Å². The lowest BCUT2D eigenvalue weighted by Gasteiger charge is -2.15. The molecule has 2 heterocycles. The van der Waals surface area contributed by atoms with Gasteiger partial charge in [-0.25, -0.2) is 0 Å². The largest absolute Gasteiger partial charge is 0.497 e. The fourth-order valence-electron chi connectivity index (χ4n) is 3.47. The molecule has 5 nitrogen and oxygen atoms in total. The predicted molar refractivity (Wildman–Crippen MR) is 102 cm³/mol. The molecule has 0 aliphatic heterocycles. The molecule has 0 fully saturated rings. The van der Waals surface area contributed by atoms with E-state index in [2.05, 4.69) is 9.97 Å². The van der Waals surface area contributed by atoms with E-state index in [9.17, 15) is 4.79 Å². The normalized spacial score (nSPS) is 12.4. The lowest BCUT2D eigenvalue weighted by atomic mass is 9.90. The lowest BCUT2D eigenvalue weighted by Crippen LogP contribution is -2.17. The third kappa shape index (κ3) is 2.62. The van der Waals surface area contributed by atoms with E-state index in [0.717, 1.165) is 38.7 Å². The molecule has 4 rings (SSSR count). The van der Waals surface area contributed by atoms with Crippen molar-refractivity contribution in [3.63, 3.8) is 0 Å². The Hall–Kier alpha value is -3.21. The van der Waals surface area contributed by atoms with Crippen molar-refractivity contribution < 1.29 is 14.3 Å². The second-order valence-electron chi connectivity index (χ2n) is 6.13. The molecule has 1 unspecified atom stereocenters. The summed E-state index contributed by atoms with van der Waals surface area (Å²) in [5.74, 6) is -0.0344. The zero-order valence-corrected chi connectivity index (χ0v) is 14.7. The lowest BCUT2D eigenvalue weighted by molar-refractivity contribution is -0.143. The van der Waals surface area contributed by atoms with Crippen LogP contribution in [-0.2, 0) is 9.53 Å². The van der Waals surface area contributed by atoms with Crippen molar-refractivity contribution in [2.75, 3.05) is 13.7 Å². The van der Waals surface area contributed by atoms with Gasteiger partial charge < -0.3 is 19.4 Å². The average Bonchev–Trinajstić information content (AvgIpc) is 3.27. The number of carbonyl (C=O) groups excluding carboxylic acids is 1. The molecule has 1 atom stereocenters. The summed E-state index contributed by atoms with van der Waals surface area (Å²) < 4.78 is 10.8. The van der Waals surface area contributed by atoms with E-state index in [4.69, 9.17) is 9.47 Å². The minimum Gasteiger partial charge on any atom is -0.497 e. The second kappa shape index (κ2) is 6.59. The molecule has 0 aliphatic rings. The van der Waals surface area contributed by atoms with Gasteiger partial charge in [-0.05, 0) is 42.3 Å². The number of hydrogen-bond donors (Lipinski definition) is 2. The molecular formula is C21H20N2O3. The number of methoxy groups -OCH3 is 1. The number of H-pyrrole nitrogens is 2. The highest BCUT2D eigenvalue weighted by Gasteiger charge is 2.29. The van der Waals surface area contributed by atoms with Gasteiger partial charge in [0, 0.05) is 34.2 Å². The van der Waals surface area contributed by atoms with E-state index in [1.165, 1.54) is 0 Å². The van der Waals surface area contributed by atoms with Crippen LogP contribution in [0.5, 0.6) is 5.75 Å². The number of aromatic nitrogens is 2. The fourth-order valence-corrected chi connectivity index (χ4v) is 3.47. The number of fused-ring (bicyclic) bond motifs is 2. The van der Waals surface area contributed by atoms with E-state index >= 15 is 0 Å². The third-order valence-corrected chi connectivity index (χ3v) is 4.69. The molecule has 2 aromatic carbocycles. The van der Waals surface area contributed by atoms with Crippen LogP contribution in [-0.4, -0.2) is 29.7 Å². The maximum Gasteiger partial charge on any atom is 0.318 e. The summed E-state index contributed by atoms with van der Waals surface area (Å²) in [5, 5.41) is 1.97. The number of para-hydroxylation sites is 1. The molecule has 0 saturated carbocycles. The van der Waals surface area contributed by atoms with Crippen molar-refractivity contribution in [1.29, 1.82) is 0 Å². The van der Waals surface area contributed by atoms with Crippen LogP contribution in [0.4, 0.5) is 0 Å². The molecule has 5 heteroatoms. The Balaban J connectivity index is 1.93. The van der Waals surface area contributed by atoms with Gasteiger partial charge in [0.2, 0.25) is 0 Å². The first-order chi connectivity index (χ1) is 12.7. The first-order valence-corrected chi connectivity index (χ1v) is 8.60. The number of ether oxygens (including phenoxy) is 2. The van der Waals surface area contributed by atoms with Crippen LogP contribution < -0.4 is 4.74 Å². The summed E-state index contributed by atoms with van der Waals surface area (Å²) in [6.07, 6.45) is 3.78. The zero-order valence-electron chi connectivity index (χ0n) is 14.7. The van der Waals surface area contributed by atoms with Crippen LogP contribution in [0.2, 0.25) is 0 Å². The first kappa shape index (κ1) is 16.3. The molecule has 4 aromatic rings. The molecule has 0 bridgehead atoms. The molecule has 2 N–H and O–H groups in total. The number of rotatable bonds is 5. The molecule has 0 saturated heterocycles. The fraction of sp³-hybridized carbons (Fsp3) is 0.190. The monoisotopic (exact) mass is 348 g/mol. The summed E-state index contributed by atoms with van der Waals surface area (Å²) in [6, 6.07) is 13.8. The van der Waals surface area contributed by atoms with Crippen molar-refractivity contribution in [1.82, 2.24) is 9.97 Å². The maximum absolute atomic E-state index is 12.9. The minimum atomic E-state index is -0.521. The Kier molecular flexibility index (Phi) is 4.13. The second-order valence-corrected chi connectivity index (χ2v) is 6.13. The van der Waals surface area contributed by atoms with Crippen molar-refractivity contribution in [3.8, 4) is 5.75 Å². The smallest absolute Gasteiger partial charge is 0.318 e. The van der Waals surface area contributed by atoms with Gasteiger partial charge in [0.15, 0.2) is 0 Å². The summed E-state index contributed by atoms with van der Waals surface area (Å²) in [6.45, 7) is 2.16. The van der Waals surface area contributed by atoms with Crippen molar-refractivity contribution in [3.05, 3.63) is 66.0 Å². The molecule has 0 radical (unpaired) electrons. The van der Waals surface area contributed by atoms with E-state index in [1.807, 2.05) is 61.8 Å². The van der Waals surface area contributed by atoms with Crippen LogP contribution >= 0.6 is 0 Å². The van der Waals surface area contributed by atoms with Gasteiger partial charge in [0.1, 0.15) is 11.7 Å². The summed E-state index contributed by atoms with van der Waals surface area (Å²) in [5.41, 5.74) is 3.73. The van der Waals surface area contributed by atoms with Crippen LogP contribution in [0, 0.1) is 0 Å². The van der Waals surface area contributed by atoms with Gasteiger partial charge in [-0.3, -0.25) is 4.79 Å². The Morgan fingerprint density at radius 1 is 1.00 bits per heavy atom. The highest BCUT2D eigenvalue weighted by Crippen LogP contribution is 2.36. The molecule has 132 valence electrons. The SMILES string of the molecule is CCOC(=O)C(c1c[nH]c2ccccc12)c1c[nH]c2ccc(OC)cc12. The zero-order chi connectivity index (χ0) is 18.1. The maximum atomic E-state index is 12.9. The quantitative estimate of drug-likeness (QED) is 0.527. The van der Waals surface area contributed by atoms with Crippen molar-refractivity contribution >= 4 is 27.8 Å². The summed E-state index contributed by atoms with van der Waals surface area (Å²) in [4.78, 5) is 19.4.